The topological polar surface area (TPSA) is 78.9 Å². The summed E-state index contributed by atoms with van der Waals surface area (Å²) in [6.07, 6.45) is 2.23. The predicted molar refractivity (Wildman–Crippen MR) is 66.4 cm³/mol. The van der Waals surface area contributed by atoms with Crippen LogP contribution in [-0.2, 0) is 9.53 Å². The molecule has 0 saturated carbocycles. The highest BCUT2D eigenvalue weighted by molar-refractivity contribution is 5.82. The number of likely N-dealkylation sites (tertiary alicyclic amines) is 1. The minimum atomic E-state index is -1.02. The summed E-state index contributed by atoms with van der Waals surface area (Å²) < 4.78 is 4.84. The molecular formula is C12H22N2O4. The van der Waals surface area contributed by atoms with Gasteiger partial charge in [-0.05, 0) is 18.8 Å². The van der Waals surface area contributed by atoms with Crippen LogP contribution in [0.15, 0.2) is 0 Å². The van der Waals surface area contributed by atoms with Crippen molar-refractivity contribution in [3.8, 4) is 0 Å². The zero-order valence-corrected chi connectivity index (χ0v) is 11.0. The monoisotopic (exact) mass is 258 g/mol. The second kappa shape index (κ2) is 7.20. The molecular weight excluding hydrogens is 236 g/mol. The molecule has 104 valence electrons. The van der Waals surface area contributed by atoms with Gasteiger partial charge in [0.1, 0.15) is 6.04 Å². The Bertz CT molecular complexity index is 288. The van der Waals surface area contributed by atoms with Gasteiger partial charge in [-0.1, -0.05) is 6.92 Å². The molecule has 1 atom stereocenters. The van der Waals surface area contributed by atoms with Crippen molar-refractivity contribution in [2.75, 3.05) is 26.8 Å². The molecule has 2 amide bonds. The number of amides is 2. The number of nitrogens with one attached hydrogen (secondary N) is 1. The zero-order chi connectivity index (χ0) is 13.5. The molecule has 1 unspecified atom stereocenters. The molecule has 0 radical (unpaired) electrons. The van der Waals surface area contributed by atoms with E-state index in [9.17, 15) is 9.59 Å². The van der Waals surface area contributed by atoms with Crippen LogP contribution < -0.4 is 5.32 Å². The third kappa shape index (κ3) is 4.52. The van der Waals surface area contributed by atoms with Gasteiger partial charge in [0.25, 0.3) is 0 Å². The maximum atomic E-state index is 11.9. The van der Waals surface area contributed by atoms with Crippen molar-refractivity contribution in [2.45, 2.75) is 32.2 Å². The number of carboxylic acid groups (broad SMARTS) is 1. The smallest absolute Gasteiger partial charge is 0.326 e. The Morgan fingerprint density at radius 1 is 1.44 bits per heavy atom. The van der Waals surface area contributed by atoms with Crippen molar-refractivity contribution in [3.63, 3.8) is 0 Å². The number of ether oxygens (including phenoxy) is 1. The number of methoxy groups -OCH3 is 1. The van der Waals surface area contributed by atoms with E-state index < -0.39 is 12.0 Å². The van der Waals surface area contributed by atoms with E-state index in [4.69, 9.17) is 9.84 Å². The average Bonchev–Trinajstić information content (AvgIpc) is 2.34. The van der Waals surface area contributed by atoms with Crippen LogP contribution in [0.4, 0.5) is 4.79 Å². The first-order valence-corrected chi connectivity index (χ1v) is 6.31. The lowest BCUT2D eigenvalue weighted by Crippen LogP contribution is -2.50. The number of hydrogen-bond donors (Lipinski definition) is 2. The number of carbonyl (C=O) groups is 2. The largest absolute Gasteiger partial charge is 0.480 e. The summed E-state index contributed by atoms with van der Waals surface area (Å²) in [6, 6.07) is -1.16. The molecule has 1 aliphatic rings. The van der Waals surface area contributed by atoms with Gasteiger partial charge in [0, 0.05) is 33.2 Å². The summed E-state index contributed by atoms with van der Waals surface area (Å²) >= 11 is 0. The summed E-state index contributed by atoms with van der Waals surface area (Å²) in [5.74, 6) is -0.386. The summed E-state index contributed by atoms with van der Waals surface area (Å²) in [7, 11) is 1.51. The van der Waals surface area contributed by atoms with Crippen LogP contribution >= 0.6 is 0 Å². The lowest BCUT2D eigenvalue weighted by Gasteiger charge is -2.31. The Hall–Kier alpha value is -1.30. The van der Waals surface area contributed by atoms with Crippen LogP contribution in [0.1, 0.15) is 26.2 Å². The van der Waals surface area contributed by atoms with E-state index in [-0.39, 0.29) is 12.5 Å². The number of carboxylic acids is 1. The third-order valence-corrected chi connectivity index (χ3v) is 3.28. The maximum Gasteiger partial charge on any atom is 0.326 e. The van der Waals surface area contributed by atoms with E-state index in [1.54, 1.807) is 4.90 Å². The first kappa shape index (κ1) is 14.8. The van der Waals surface area contributed by atoms with Gasteiger partial charge in [-0.2, -0.15) is 0 Å². The zero-order valence-electron chi connectivity index (χ0n) is 11.0. The van der Waals surface area contributed by atoms with Crippen molar-refractivity contribution >= 4 is 12.0 Å². The van der Waals surface area contributed by atoms with Crippen LogP contribution in [0.2, 0.25) is 0 Å². The minimum absolute atomic E-state index is 0.280. The summed E-state index contributed by atoms with van der Waals surface area (Å²) in [5.41, 5.74) is 0. The van der Waals surface area contributed by atoms with Crippen LogP contribution in [0.5, 0.6) is 0 Å². The molecule has 6 nitrogen and oxygen atoms in total. The van der Waals surface area contributed by atoms with Crippen LogP contribution in [0, 0.1) is 5.92 Å². The van der Waals surface area contributed by atoms with Gasteiger partial charge in [0.05, 0.1) is 0 Å². The molecule has 0 aromatic carbocycles. The van der Waals surface area contributed by atoms with Crippen LogP contribution in [0.25, 0.3) is 0 Å². The van der Waals surface area contributed by atoms with Gasteiger partial charge in [0.15, 0.2) is 0 Å². The number of carbonyl (C=O) groups excluding carboxylic acids is 1. The van der Waals surface area contributed by atoms with E-state index in [0.717, 1.165) is 12.8 Å². The lowest BCUT2D eigenvalue weighted by atomic mass is 10.00. The molecule has 0 bridgehead atoms. The van der Waals surface area contributed by atoms with Crippen LogP contribution in [-0.4, -0.2) is 54.9 Å². The maximum absolute atomic E-state index is 11.9. The Kier molecular flexibility index (Phi) is 5.91. The molecule has 1 aliphatic heterocycles. The quantitative estimate of drug-likeness (QED) is 0.768. The van der Waals surface area contributed by atoms with Crippen molar-refractivity contribution < 1.29 is 19.4 Å². The van der Waals surface area contributed by atoms with Gasteiger partial charge in [-0.25, -0.2) is 9.59 Å². The number of rotatable bonds is 5. The van der Waals surface area contributed by atoms with Crippen molar-refractivity contribution in [2.24, 2.45) is 5.92 Å². The molecule has 1 fully saturated rings. The molecule has 0 aromatic rings. The van der Waals surface area contributed by atoms with Crippen molar-refractivity contribution in [1.29, 1.82) is 0 Å². The second-order valence-electron chi connectivity index (χ2n) is 4.79. The molecule has 6 heteroatoms. The number of aliphatic carboxylic acids is 1. The predicted octanol–water partition coefficient (Wildman–Crippen LogP) is 0.918. The highest BCUT2D eigenvalue weighted by Crippen LogP contribution is 2.15. The van der Waals surface area contributed by atoms with Crippen molar-refractivity contribution in [3.05, 3.63) is 0 Å². The molecule has 18 heavy (non-hydrogen) atoms. The van der Waals surface area contributed by atoms with E-state index in [0.29, 0.717) is 25.6 Å². The Labute approximate surface area is 107 Å². The number of urea groups is 1. The molecule has 2 N–H and O–H groups in total. The highest BCUT2D eigenvalue weighted by atomic mass is 16.5. The van der Waals surface area contributed by atoms with Crippen molar-refractivity contribution in [1.82, 2.24) is 10.2 Å². The van der Waals surface area contributed by atoms with Gasteiger partial charge in [-0.3, -0.25) is 0 Å². The molecule has 1 rings (SSSR count). The molecule has 1 heterocycles. The average molecular weight is 258 g/mol. The van der Waals surface area contributed by atoms with Gasteiger partial charge >= 0.3 is 12.0 Å². The fourth-order valence-electron chi connectivity index (χ4n) is 1.95. The Morgan fingerprint density at radius 2 is 2.06 bits per heavy atom. The van der Waals surface area contributed by atoms with Gasteiger partial charge in [0.2, 0.25) is 0 Å². The number of hydrogen-bond acceptors (Lipinski definition) is 3. The number of piperidine rings is 1. The lowest BCUT2D eigenvalue weighted by molar-refractivity contribution is -0.139. The fourth-order valence-corrected chi connectivity index (χ4v) is 1.95. The Morgan fingerprint density at radius 3 is 2.56 bits per heavy atom. The third-order valence-electron chi connectivity index (χ3n) is 3.28. The first-order chi connectivity index (χ1) is 8.54. The SMILES string of the molecule is COCCC(NC(=O)N1CCC(C)CC1)C(=O)O. The minimum Gasteiger partial charge on any atom is -0.480 e. The van der Waals surface area contributed by atoms with Gasteiger partial charge < -0.3 is 20.1 Å². The molecule has 1 saturated heterocycles. The Balaban J connectivity index is 2.42. The van der Waals surface area contributed by atoms with E-state index >= 15 is 0 Å². The van der Waals surface area contributed by atoms with E-state index in [2.05, 4.69) is 12.2 Å². The molecule has 0 aliphatic carbocycles. The van der Waals surface area contributed by atoms with Gasteiger partial charge in [-0.15, -0.1) is 0 Å². The normalized spacial score (nSPS) is 18.4. The van der Waals surface area contributed by atoms with E-state index in [1.165, 1.54) is 7.11 Å². The first-order valence-electron chi connectivity index (χ1n) is 6.31. The fraction of sp³-hybridized carbons (Fsp3) is 0.833. The number of nitrogens with zero attached hydrogens (tertiary/aromatic N) is 1. The molecule has 0 aromatic heterocycles. The second-order valence-corrected chi connectivity index (χ2v) is 4.79. The van der Waals surface area contributed by atoms with Crippen LogP contribution in [0.3, 0.4) is 0 Å². The molecule has 0 spiro atoms. The summed E-state index contributed by atoms with van der Waals surface area (Å²) in [6.45, 7) is 3.87. The highest BCUT2D eigenvalue weighted by Gasteiger charge is 2.25. The summed E-state index contributed by atoms with van der Waals surface area (Å²) in [5, 5.41) is 11.5. The van der Waals surface area contributed by atoms with E-state index in [1.807, 2.05) is 0 Å². The summed E-state index contributed by atoms with van der Waals surface area (Å²) in [4.78, 5) is 24.6. The standard InChI is InChI=1S/C12H22N2O4/c1-9-3-6-14(7-4-9)12(17)13-10(11(15)16)5-8-18-2/h9-10H,3-8H2,1-2H3,(H,13,17)(H,15,16).